The van der Waals surface area contributed by atoms with Gasteiger partial charge in [0.25, 0.3) is 0 Å². The van der Waals surface area contributed by atoms with Gasteiger partial charge in [-0.25, -0.2) is 10.6 Å². The fourth-order valence-corrected chi connectivity index (χ4v) is 4.06. The molecule has 8 heteroatoms. The van der Waals surface area contributed by atoms with Crippen LogP contribution in [-0.2, 0) is 16.0 Å². The number of carbonyl (C=O) groups is 3. The Hall–Kier alpha value is -2.41. The summed E-state index contributed by atoms with van der Waals surface area (Å²) < 4.78 is 0. The summed E-state index contributed by atoms with van der Waals surface area (Å²) in [6.07, 6.45) is 0.0860. The molecular formula is C20H18Cl2N2O4. The Morgan fingerprint density at radius 1 is 1.18 bits per heavy atom. The normalized spacial score (nSPS) is 18.5. The lowest BCUT2D eigenvalue weighted by atomic mass is 9.81. The molecule has 146 valence electrons. The molecule has 2 aromatic carbocycles. The standard InChI is InChI=1S/C20H18Cl2N2O4/c1-10(25)12-4-2-11(3-5-12)6-18(26)14-9-17(20(27)28)24(23)16-8-13(21)7-15(22)19(14)16/h2-5,7-8,14,17H,6,9,23H2,1H3,(H,27,28)/t14-,17-/m0/s1. The zero-order valence-corrected chi connectivity index (χ0v) is 16.5. The summed E-state index contributed by atoms with van der Waals surface area (Å²) in [6, 6.07) is 8.70. The Morgan fingerprint density at radius 3 is 2.39 bits per heavy atom. The number of carbonyl (C=O) groups excluding carboxylic acids is 2. The second kappa shape index (κ2) is 7.91. The number of halogens is 2. The van der Waals surface area contributed by atoms with Gasteiger partial charge in [0, 0.05) is 33.5 Å². The second-order valence-electron chi connectivity index (χ2n) is 6.77. The number of aliphatic carboxylic acids is 1. The molecule has 1 aliphatic rings. The molecule has 2 atom stereocenters. The van der Waals surface area contributed by atoms with Gasteiger partial charge in [-0.05, 0) is 31.0 Å². The minimum Gasteiger partial charge on any atom is -0.480 e. The van der Waals surface area contributed by atoms with Gasteiger partial charge in [-0.3, -0.25) is 14.6 Å². The van der Waals surface area contributed by atoms with E-state index in [0.29, 0.717) is 21.8 Å². The third-order valence-electron chi connectivity index (χ3n) is 4.91. The Kier molecular flexibility index (Phi) is 5.74. The monoisotopic (exact) mass is 420 g/mol. The van der Waals surface area contributed by atoms with Crippen LogP contribution in [0.25, 0.3) is 0 Å². The van der Waals surface area contributed by atoms with Gasteiger partial charge in [0.05, 0.1) is 5.69 Å². The molecule has 28 heavy (non-hydrogen) atoms. The van der Waals surface area contributed by atoms with Crippen molar-refractivity contribution in [3.05, 3.63) is 63.1 Å². The number of ketones is 2. The maximum absolute atomic E-state index is 13.1. The average Bonchev–Trinajstić information content (AvgIpc) is 2.62. The molecular weight excluding hydrogens is 403 g/mol. The number of fused-ring (bicyclic) bond motifs is 1. The zero-order valence-electron chi connectivity index (χ0n) is 15.0. The van der Waals surface area contributed by atoms with Gasteiger partial charge < -0.3 is 5.11 Å². The summed E-state index contributed by atoms with van der Waals surface area (Å²) in [6.45, 7) is 1.47. The van der Waals surface area contributed by atoms with E-state index in [9.17, 15) is 19.5 Å². The van der Waals surface area contributed by atoms with Gasteiger partial charge in [-0.1, -0.05) is 47.5 Å². The van der Waals surface area contributed by atoms with Crippen LogP contribution in [-0.4, -0.2) is 28.7 Å². The van der Waals surface area contributed by atoms with Gasteiger partial charge in [-0.2, -0.15) is 0 Å². The Morgan fingerprint density at radius 2 is 1.82 bits per heavy atom. The number of hydrogen-bond donors (Lipinski definition) is 2. The molecule has 0 spiro atoms. The van der Waals surface area contributed by atoms with E-state index in [1.54, 1.807) is 24.3 Å². The summed E-state index contributed by atoms with van der Waals surface area (Å²) in [5, 5.41) is 11.2. The molecule has 0 saturated heterocycles. The number of anilines is 1. The third kappa shape index (κ3) is 3.90. The highest BCUT2D eigenvalue weighted by atomic mass is 35.5. The van der Waals surface area contributed by atoms with E-state index in [0.717, 1.165) is 10.6 Å². The van der Waals surface area contributed by atoms with Crippen molar-refractivity contribution in [1.29, 1.82) is 0 Å². The Bertz CT molecular complexity index is 959. The topological polar surface area (TPSA) is 101 Å². The van der Waals surface area contributed by atoms with E-state index in [1.807, 2.05) is 0 Å². The number of Topliss-reactive ketones (excluding diaryl/α,β-unsaturated/α-hetero) is 2. The van der Waals surface area contributed by atoms with Gasteiger partial charge >= 0.3 is 5.97 Å². The van der Waals surface area contributed by atoms with E-state index in [1.165, 1.54) is 19.1 Å². The molecule has 6 nitrogen and oxygen atoms in total. The zero-order chi connectivity index (χ0) is 20.6. The fraction of sp³-hybridized carbons (Fsp3) is 0.250. The van der Waals surface area contributed by atoms with Crippen molar-refractivity contribution in [2.75, 3.05) is 5.01 Å². The summed E-state index contributed by atoms with van der Waals surface area (Å²) in [4.78, 5) is 36.1. The summed E-state index contributed by atoms with van der Waals surface area (Å²) in [5.74, 6) is 3.88. The highest BCUT2D eigenvalue weighted by molar-refractivity contribution is 6.36. The van der Waals surface area contributed by atoms with E-state index in [4.69, 9.17) is 29.0 Å². The van der Waals surface area contributed by atoms with Crippen LogP contribution >= 0.6 is 23.2 Å². The molecule has 0 aliphatic carbocycles. The molecule has 0 unspecified atom stereocenters. The van der Waals surface area contributed by atoms with Crippen LogP contribution < -0.4 is 10.9 Å². The summed E-state index contributed by atoms with van der Waals surface area (Å²) in [5.41, 5.74) is 2.10. The van der Waals surface area contributed by atoms with E-state index in [-0.39, 0.29) is 29.4 Å². The number of hydrazine groups is 1. The van der Waals surface area contributed by atoms with Crippen molar-refractivity contribution in [3.8, 4) is 0 Å². The lowest BCUT2D eigenvalue weighted by Gasteiger charge is -2.37. The molecule has 0 aromatic heterocycles. The fourth-order valence-electron chi connectivity index (χ4n) is 3.45. The molecule has 1 aliphatic heterocycles. The van der Waals surface area contributed by atoms with Crippen LogP contribution in [0, 0.1) is 0 Å². The van der Waals surface area contributed by atoms with E-state index in [2.05, 4.69) is 0 Å². The van der Waals surface area contributed by atoms with Gasteiger partial charge in [0.15, 0.2) is 5.78 Å². The van der Waals surface area contributed by atoms with Crippen LogP contribution in [0.15, 0.2) is 36.4 Å². The first-order chi connectivity index (χ1) is 13.2. The van der Waals surface area contributed by atoms with Crippen LogP contribution in [0.3, 0.4) is 0 Å². The molecule has 0 bridgehead atoms. The minimum atomic E-state index is -1.13. The minimum absolute atomic E-state index is 0.00451. The maximum atomic E-state index is 13.1. The van der Waals surface area contributed by atoms with Crippen molar-refractivity contribution in [3.63, 3.8) is 0 Å². The first-order valence-corrected chi connectivity index (χ1v) is 9.33. The predicted octanol–water partition coefficient (Wildman–Crippen LogP) is 3.63. The number of nitrogens with two attached hydrogens (primary N) is 1. The number of benzene rings is 2. The van der Waals surface area contributed by atoms with E-state index >= 15 is 0 Å². The number of hydrogen-bond acceptors (Lipinski definition) is 5. The number of rotatable bonds is 5. The van der Waals surface area contributed by atoms with Crippen LogP contribution in [0.1, 0.15) is 40.7 Å². The average molecular weight is 421 g/mol. The van der Waals surface area contributed by atoms with Crippen LogP contribution in [0.5, 0.6) is 0 Å². The van der Waals surface area contributed by atoms with Gasteiger partial charge in [0.2, 0.25) is 0 Å². The largest absolute Gasteiger partial charge is 0.480 e. The Labute approximate surface area is 171 Å². The molecule has 3 N–H and O–H groups in total. The Balaban J connectivity index is 1.96. The first kappa shape index (κ1) is 20.3. The molecule has 3 rings (SSSR count). The summed E-state index contributed by atoms with van der Waals surface area (Å²) >= 11 is 12.4. The van der Waals surface area contributed by atoms with Crippen molar-refractivity contribution < 1.29 is 19.5 Å². The molecule has 0 amide bonds. The summed E-state index contributed by atoms with van der Waals surface area (Å²) in [7, 11) is 0. The maximum Gasteiger partial charge on any atom is 0.327 e. The lowest BCUT2D eigenvalue weighted by Crippen LogP contribution is -2.51. The molecule has 2 aromatic rings. The quantitative estimate of drug-likeness (QED) is 0.565. The van der Waals surface area contributed by atoms with Crippen molar-refractivity contribution >= 4 is 46.4 Å². The highest BCUT2D eigenvalue weighted by Gasteiger charge is 2.40. The number of carboxylic acids is 1. The SMILES string of the molecule is CC(=O)c1ccc(CC(=O)[C@@H]2C[C@@H](C(=O)O)N(N)c3cc(Cl)cc(Cl)c32)cc1. The third-order valence-corrected chi connectivity index (χ3v) is 5.44. The van der Waals surface area contributed by atoms with Crippen LogP contribution in [0.2, 0.25) is 10.0 Å². The van der Waals surface area contributed by atoms with Gasteiger partial charge in [-0.15, -0.1) is 0 Å². The van der Waals surface area contributed by atoms with Crippen molar-refractivity contribution in [2.45, 2.75) is 31.7 Å². The number of nitrogens with zero attached hydrogens (tertiary/aromatic N) is 1. The second-order valence-corrected chi connectivity index (χ2v) is 7.61. The molecule has 1 heterocycles. The lowest BCUT2D eigenvalue weighted by molar-refractivity contribution is -0.139. The highest BCUT2D eigenvalue weighted by Crippen LogP contribution is 2.43. The van der Waals surface area contributed by atoms with Crippen LogP contribution in [0.4, 0.5) is 5.69 Å². The smallest absolute Gasteiger partial charge is 0.327 e. The molecule has 0 fully saturated rings. The predicted molar refractivity (Wildman–Crippen MR) is 107 cm³/mol. The first-order valence-electron chi connectivity index (χ1n) is 8.57. The van der Waals surface area contributed by atoms with Crippen molar-refractivity contribution in [2.24, 2.45) is 5.84 Å². The number of carboxylic acid groups (broad SMARTS) is 1. The molecule has 0 saturated carbocycles. The van der Waals surface area contributed by atoms with Gasteiger partial charge in [0.1, 0.15) is 11.8 Å². The molecule has 0 radical (unpaired) electrons. The van der Waals surface area contributed by atoms with Crippen molar-refractivity contribution in [1.82, 2.24) is 0 Å². The van der Waals surface area contributed by atoms with E-state index < -0.39 is 17.9 Å².